The number of sulfonamides is 1. The molecule has 0 spiro atoms. The van der Waals surface area contributed by atoms with Crippen molar-refractivity contribution in [3.63, 3.8) is 0 Å². The van der Waals surface area contributed by atoms with E-state index in [0.29, 0.717) is 12.1 Å². The molecule has 0 saturated heterocycles. The van der Waals surface area contributed by atoms with E-state index in [9.17, 15) is 13.2 Å². The molecule has 0 radical (unpaired) electrons. The summed E-state index contributed by atoms with van der Waals surface area (Å²) in [6, 6.07) is 12.3. The first-order chi connectivity index (χ1) is 12.8. The standard InChI is InChI=1S/C20H24N2O4S/c1-14-6-4-5-7-16(14)13-22(2)20(23)15-8-11-18(26-3)19(12-15)27(24,25)21-17-9-10-17/h4-8,11-12,17,21H,9-10,13H2,1-3H3. The van der Waals surface area contributed by atoms with E-state index >= 15 is 0 Å². The summed E-state index contributed by atoms with van der Waals surface area (Å²) in [7, 11) is -0.615. The highest BCUT2D eigenvalue weighted by atomic mass is 32.2. The second-order valence-corrected chi connectivity index (χ2v) is 8.53. The minimum atomic E-state index is -3.73. The van der Waals surface area contributed by atoms with Crippen LogP contribution in [0.2, 0.25) is 0 Å². The predicted molar refractivity (Wildman–Crippen MR) is 103 cm³/mol. The van der Waals surface area contributed by atoms with E-state index in [4.69, 9.17) is 4.74 Å². The van der Waals surface area contributed by atoms with Crippen molar-refractivity contribution in [3.8, 4) is 5.75 Å². The van der Waals surface area contributed by atoms with Crippen molar-refractivity contribution in [1.29, 1.82) is 0 Å². The van der Waals surface area contributed by atoms with Gasteiger partial charge in [0.2, 0.25) is 10.0 Å². The van der Waals surface area contributed by atoms with Crippen LogP contribution in [0.25, 0.3) is 0 Å². The van der Waals surface area contributed by atoms with Crippen molar-refractivity contribution in [2.75, 3.05) is 14.2 Å². The molecule has 0 aliphatic heterocycles. The molecular weight excluding hydrogens is 364 g/mol. The Kier molecular flexibility index (Phi) is 5.53. The average molecular weight is 388 g/mol. The van der Waals surface area contributed by atoms with Crippen molar-refractivity contribution < 1.29 is 17.9 Å². The quantitative estimate of drug-likeness (QED) is 0.791. The Balaban J connectivity index is 1.86. The van der Waals surface area contributed by atoms with Crippen molar-refractivity contribution in [2.45, 2.75) is 37.2 Å². The normalized spacial score (nSPS) is 14.0. The number of rotatable bonds is 7. The summed E-state index contributed by atoms with van der Waals surface area (Å²) in [6.45, 7) is 2.44. The second-order valence-electron chi connectivity index (χ2n) is 6.85. The number of amides is 1. The molecule has 0 aromatic heterocycles. The Morgan fingerprint density at radius 2 is 1.93 bits per heavy atom. The SMILES string of the molecule is COc1ccc(C(=O)N(C)Cc2ccccc2C)cc1S(=O)(=O)NC1CC1. The zero-order valence-electron chi connectivity index (χ0n) is 15.7. The number of hydrogen-bond donors (Lipinski definition) is 1. The minimum Gasteiger partial charge on any atom is -0.495 e. The predicted octanol–water partition coefficient (Wildman–Crippen LogP) is 2.72. The monoisotopic (exact) mass is 388 g/mol. The summed E-state index contributed by atoms with van der Waals surface area (Å²) in [5, 5.41) is 0. The van der Waals surface area contributed by atoms with Gasteiger partial charge in [0, 0.05) is 25.2 Å². The Morgan fingerprint density at radius 1 is 1.22 bits per heavy atom. The molecule has 1 aliphatic rings. The van der Waals surface area contributed by atoms with Gasteiger partial charge in [-0.05, 0) is 49.1 Å². The van der Waals surface area contributed by atoms with Gasteiger partial charge >= 0.3 is 0 Å². The number of ether oxygens (including phenoxy) is 1. The third kappa shape index (κ3) is 4.48. The van der Waals surface area contributed by atoms with Crippen molar-refractivity contribution in [1.82, 2.24) is 9.62 Å². The second kappa shape index (κ2) is 7.70. The van der Waals surface area contributed by atoms with Gasteiger partial charge in [0.1, 0.15) is 10.6 Å². The van der Waals surface area contributed by atoms with E-state index in [1.807, 2.05) is 31.2 Å². The Hall–Kier alpha value is -2.38. The van der Waals surface area contributed by atoms with Crippen LogP contribution in [-0.4, -0.2) is 39.4 Å². The van der Waals surface area contributed by atoms with E-state index in [2.05, 4.69) is 4.72 Å². The Bertz CT molecular complexity index is 952. The number of carbonyl (C=O) groups excluding carboxylic acids is 1. The molecule has 27 heavy (non-hydrogen) atoms. The average Bonchev–Trinajstić information content (AvgIpc) is 3.45. The molecule has 0 heterocycles. The highest BCUT2D eigenvalue weighted by Crippen LogP contribution is 2.28. The van der Waals surface area contributed by atoms with Crippen LogP contribution in [0.5, 0.6) is 5.75 Å². The zero-order chi connectivity index (χ0) is 19.6. The molecule has 144 valence electrons. The van der Waals surface area contributed by atoms with Gasteiger partial charge in [0.15, 0.2) is 0 Å². The molecule has 7 heteroatoms. The van der Waals surface area contributed by atoms with Crippen molar-refractivity contribution in [3.05, 3.63) is 59.2 Å². The van der Waals surface area contributed by atoms with Crippen LogP contribution < -0.4 is 9.46 Å². The largest absolute Gasteiger partial charge is 0.495 e. The van der Waals surface area contributed by atoms with Crippen LogP contribution in [-0.2, 0) is 16.6 Å². The van der Waals surface area contributed by atoms with E-state index in [0.717, 1.165) is 24.0 Å². The Labute approximate surface area is 160 Å². The molecule has 0 atom stereocenters. The van der Waals surface area contributed by atoms with Gasteiger partial charge in [-0.3, -0.25) is 4.79 Å². The summed E-state index contributed by atoms with van der Waals surface area (Å²) in [5.74, 6) is -0.0231. The van der Waals surface area contributed by atoms with Crippen LogP contribution in [0.1, 0.15) is 34.3 Å². The van der Waals surface area contributed by atoms with E-state index in [1.54, 1.807) is 18.0 Å². The van der Waals surface area contributed by atoms with Gasteiger partial charge in [-0.1, -0.05) is 24.3 Å². The first-order valence-electron chi connectivity index (χ1n) is 8.82. The molecule has 3 rings (SSSR count). The smallest absolute Gasteiger partial charge is 0.253 e. The number of hydrogen-bond acceptors (Lipinski definition) is 4. The first-order valence-corrected chi connectivity index (χ1v) is 10.3. The molecule has 0 unspecified atom stereocenters. The molecule has 1 fully saturated rings. The highest BCUT2D eigenvalue weighted by molar-refractivity contribution is 7.89. The number of carbonyl (C=O) groups is 1. The number of nitrogens with zero attached hydrogens (tertiary/aromatic N) is 1. The number of methoxy groups -OCH3 is 1. The number of benzene rings is 2. The molecule has 2 aromatic carbocycles. The number of nitrogens with one attached hydrogen (secondary N) is 1. The van der Waals surface area contributed by atoms with Crippen LogP contribution >= 0.6 is 0 Å². The van der Waals surface area contributed by atoms with Crippen LogP contribution in [0, 0.1) is 6.92 Å². The van der Waals surface area contributed by atoms with Crippen molar-refractivity contribution in [2.24, 2.45) is 0 Å². The van der Waals surface area contributed by atoms with Crippen molar-refractivity contribution >= 4 is 15.9 Å². The van der Waals surface area contributed by atoms with Gasteiger partial charge in [0.25, 0.3) is 5.91 Å². The third-order valence-electron chi connectivity index (χ3n) is 4.61. The fourth-order valence-electron chi connectivity index (χ4n) is 2.84. The maximum atomic E-state index is 12.8. The van der Waals surface area contributed by atoms with E-state index < -0.39 is 10.0 Å². The molecule has 1 saturated carbocycles. The summed E-state index contributed by atoms with van der Waals surface area (Å²) in [4.78, 5) is 14.4. The molecule has 1 N–H and O–H groups in total. The number of aryl methyl sites for hydroxylation is 1. The molecule has 1 aliphatic carbocycles. The van der Waals surface area contributed by atoms with Crippen LogP contribution in [0.3, 0.4) is 0 Å². The molecule has 0 bridgehead atoms. The summed E-state index contributed by atoms with van der Waals surface area (Å²) in [6.07, 6.45) is 1.67. The van der Waals surface area contributed by atoms with Gasteiger partial charge in [0.05, 0.1) is 7.11 Å². The molecule has 1 amide bonds. The lowest BCUT2D eigenvalue weighted by molar-refractivity contribution is 0.0784. The molecule has 2 aromatic rings. The lowest BCUT2D eigenvalue weighted by Gasteiger charge is -2.19. The zero-order valence-corrected chi connectivity index (χ0v) is 16.5. The lowest BCUT2D eigenvalue weighted by Crippen LogP contribution is -2.28. The van der Waals surface area contributed by atoms with Gasteiger partial charge in [-0.15, -0.1) is 0 Å². The van der Waals surface area contributed by atoms with Gasteiger partial charge < -0.3 is 9.64 Å². The van der Waals surface area contributed by atoms with E-state index in [1.165, 1.54) is 19.2 Å². The van der Waals surface area contributed by atoms with Crippen LogP contribution in [0.4, 0.5) is 0 Å². The minimum absolute atomic E-state index is 0.00737. The maximum Gasteiger partial charge on any atom is 0.253 e. The lowest BCUT2D eigenvalue weighted by atomic mass is 10.1. The Morgan fingerprint density at radius 3 is 2.56 bits per heavy atom. The summed E-state index contributed by atoms with van der Waals surface area (Å²) < 4.78 is 33.1. The maximum absolute atomic E-state index is 12.8. The van der Waals surface area contributed by atoms with Crippen LogP contribution in [0.15, 0.2) is 47.4 Å². The fraction of sp³-hybridized carbons (Fsp3) is 0.350. The fourth-order valence-corrected chi connectivity index (χ4v) is 4.34. The summed E-state index contributed by atoms with van der Waals surface area (Å²) >= 11 is 0. The highest BCUT2D eigenvalue weighted by Gasteiger charge is 2.30. The molecular formula is C20H24N2O4S. The van der Waals surface area contributed by atoms with Gasteiger partial charge in [-0.25, -0.2) is 13.1 Å². The third-order valence-corrected chi connectivity index (χ3v) is 6.16. The summed E-state index contributed by atoms with van der Waals surface area (Å²) in [5.41, 5.74) is 2.46. The van der Waals surface area contributed by atoms with Gasteiger partial charge in [-0.2, -0.15) is 0 Å². The first kappa shape index (κ1) is 19.4. The molecule has 6 nitrogen and oxygen atoms in total. The van der Waals surface area contributed by atoms with E-state index in [-0.39, 0.29) is 22.6 Å². The topological polar surface area (TPSA) is 75.7 Å².